The summed E-state index contributed by atoms with van der Waals surface area (Å²) in [7, 11) is 0. The molecule has 284 valence electrons. The van der Waals surface area contributed by atoms with Crippen molar-refractivity contribution in [2.75, 3.05) is 0 Å². The van der Waals surface area contributed by atoms with Crippen molar-refractivity contribution < 1.29 is 0 Å². The van der Waals surface area contributed by atoms with E-state index in [4.69, 9.17) is 9.97 Å². The molecule has 1 aliphatic rings. The van der Waals surface area contributed by atoms with Gasteiger partial charge in [-0.2, -0.15) is 0 Å². The van der Waals surface area contributed by atoms with Crippen molar-refractivity contribution in [3.63, 3.8) is 0 Å². The maximum absolute atomic E-state index is 5.34. The summed E-state index contributed by atoms with van der Waals surface area (Å²) in [5.41, 5.74) is 14.5. The highest BCUT2D eigenvalue weighted by molar-refractivity contribution is 6.10. The first-order valence-electron chi connectivity index (χ1n) is 21.0. The molecule has 0 N–H and O–H groups in total. The highest BCUT2D eigenvalue weighted by Gasteiger charge is 2.48. The summed E-state index contributed by atoms with van der Waals surface area (Å²) in [5, 5.41) is 7.19. The van der Waals surface area contributed by atoms with Gasteiger partial charge < -0.3 is 0 Å². The van der Waals surface area contributed by atoms with Crippen molar-refractivity contribution in [2.24, 2.45) is 0 Å². The molecule has 1 aromatic heterocycles. The smallest absolute Gasteiger partial charge is 0.160 e. The molecule has 2 nitrogen and oxygen atoms in total. The van der Waals surface area contributed by atoms with Gasteiger partial charge in [0.05, 0.1) is 16.8 Å². The Bertz CT molecular complexity index is 3420. The highest BCUT2D eigenvalue weighted by atomic mass is 14.9. The predicted octanol–water partition coefficient (Wildman–Crippen LogP) is 15.0. The van der Waals surface area contributed by atoms with Crippen LogP contribution in [0, 0.1) is 0 Å². The van der Waals surface area contributed by atoms with Gasteiger partial charge in [-0.05, 0) is 82.9 Å². The van der Waals surface area contributed by atoms with E-state index in [-0.39, 0.29) is 0 Å². The van der Waals surface area contributed by atoms with E-state index in [9.17, 15) is 0 Å². The molecule has 0 spiro atoms. The summed E-state index contributed by atoms with van der Waals surface area (Å²) in [6.45, 7) is 0. The maximum Gasteiger partial charge on any atom is 0.160 e. The molecule has 0 radical (unpaired) electrons. The van der Waals surface area contributed by atoms with Crippen molar-refractivity contribution in [3.05, 3.63) is 253 Å². The number of rotatable bonds is 6. The van der Waals surface area contributed by atoms with Gasteiger partial charge in [-0.15, -0.1) is 0 Å². The first-order chi connectivity index (χ1) is 30.3. The topological polar surface area (TPSA) is 25.8 Å². The van der Waals surface area contributed by atoms with Crippen molar-refractivity contribution in [2.45, 2.75) is 5.41 Å². The van der Waals surface area contributed by atoms with Crippen LogP contribution in [-0.2, 0) is 5.41 Å². The summed E-state index contributed by atoms with van der Waals surface area (Å²) in [4.78, 5) is 10.6. The summed E-state index contributed by atoms with van der Waals surface area (Å²) in [6, 6.07) is 83.7. The van der Waals surface area contributed by atoms with E-state index in [1.807, 2.05) is 6.07 Å². The SMILES string of the molecule is c1ccc(-c2nc(-c3cccc4ccccc34)cc(-c3ccc(-c4cccc5c4C(c4ccccc4)(c4ccccc4)c4ccc6ccccc6c4-5)c4ccccc34)n2)cc1. The molecule has 0 saturated heterocycles. The number of benzene rings is 10. The highest BCUT2D eigenvalue weighted by Crippen LogP contribution is 2.60. The van der Waals surface area contributed by atoms with Crippen LogP contribution in [-0.4, -0.2) is 9.97 Å². The van der Waals surface area contributed by atoms with Crippen LogP contribution in [0.3, 0.4) is 0 Å². The van der Waals surface area contributed by atoms with Crippen LogP contribution in [0.1, 0.15) is 22.3 Å². The van der Waals surface area contributed by atoms with E-state index in [2.05, 4.69) is 224 Å². The molecule has 61 heavy (non-hydrogen) atoms. The van der Waals surface area contributed by atoms with Crippen LogP contribution in [0.25, 0.3) is 88.5 Å². The van der Waals surface area contributed by atoms with E-state index in [0.717, 1.165) is 33.5 Å². The zero-order valence-electron chi connectivity index (χ0n) is 33.3. The second kappa shape index (κ2) is 14.1. The van der Waals surface area contributed by atoms with Crippen molar-refractivity contribution in [1.29, 1.82) is 0 Å². The molecule has 11 aromatic rings. The molecule has 0 aliphatic heterocycles. The van der Waals surface area contributed by atoms with Gasteiger partial charge in [0.25, 0.3) is 0 Å². The van der Waals surface area contributed by atoms with E-state index >= 15 is 0 Å². The lowest BCUT2D eigenvalue weighted by Crippen LogP contribution is -2.29. The Balaban J connectivity index is 1.14. The molecule has 1 aliphatic carbocycles. The Morgan fingerprint density at radius 2 is 0.787 bits per heavy atom. The van der Waals surface area contributed by atoms with Gasteiger partial charge in [0.15, 0.2) is 5.82 Å². The Kier molecular flexibility index (Phi) is 8.11. The van der Waals surface area contributed by atoms with E-state index in [1.165, 1.54) is 71.4 Å². The number of hydrogen-bond acceptors (Lipinski definition) is 2. The summed E-state index contributed by atoms with van der Waals surface area (Å²) < 4.78 is 0. The second-order valence-electron chi connectivity index (χ2n) is 16.0. The minimum Gasteiger partial charge on any atom is -0.228 e. The first-order valence-corrected chi connectivity index (χ1v) is 21.0. The number of fused-ring (bicyclic) bond motifs is 7. The van der Waals surface area contributed by atoms with E-state index in [1.54, 1.807) is 0 Å². The summed E-state index contributed by atoms with van der Waals surface area (Å²) in [5.74, 6) is 0.704. The van der Waals surface area contributed by atoms with Crippen LogP contribution in [0.2, 0.25) is 0 Å². The Morgan fingerprint density at radius 3 is 1.48 bits per heavy atom. The van der Waals surface area contributed by atoms with Crippen molar-refractivity contribution >= 4 is 32.3 Å². The fourth-order valence-electron chi connectivity index (χ4n) is 10.2. The minimum atomic E-state index is -0.571. The monoisotopic (exact) mass is 774 g/mol. The molecule has 2 heteroatoms. The largest absolute Gasteiger partial charge is 0.228 e. The van der Waals surface area contributed by atoms with Gasteiger partial charge in [0.1, 0.15) is 0 Å². The van der Waals surface area contributed by atoms with Crippen molar-refractivity contribution in [1.82, 2.24) is 9.97 Å². The van der Waals surface area contributed by atoms with E-state index < -0.39 is 5.41 Å². The van der Waals surface area contributed by atoms with Crippen LogP contribution in [0.15, 0.2) is 231 Å². The van der Waals surface area contributed by atoms with Gasteiger partial charge in [0.2, 0.25) is 0 Å². The zero-order chi connectivity index (χ0) is 40.3. The molecule has 0 fully saturated rings. The van der Waals surface area contributed by atoms with Gasteiger partial charge in [0, 0.05) is 16.7 Å². The van der Waals surface area contributed by atoms with Gasteiger partial charge in [-0.3, -0.25) is 0 Å². The molecule has 10 aromatic carbocycles. The third kappa shape index (κ3) is 5.43. The first kappa shape index (κ1) is 35.0. The standard InChI is InChI=1S/C59H38N2/c1-4-20-41(21-5-1)58-60-54(49-31-16-22-39-18-10-12-27-44(39)49)38-55(61-58)50-36-35-48(46-29-14-15-30-47(46)50)51-32-17-33-52-56-45-28-13-11-19-40(45)34-37-53(56)59(57(51)52,42-23-6-2-7-24-42)43-25-8-3-9-26-43/h1-38H. The molecule has 0 amide bonds. The number of nitrogens with zero attached hydrogens (tertiary/aromatic N) is 2. The average molecular weight is 775 g/mol. The van der Waals surface area contributed by atoms with E-state index in [0.29, 0.717) is 5.82 Å². The Labute approximate surface area is 355 Å². The Morgan fingerprint density at radius 1 is 0.311 bits per heavy atom. The molecule has 0 unspecified atom stereocenters. The molecule has 0 saturated carbocycles. The molecular weight excluding hydrogens is 737 g/mol. The van der Waals surface area contributed by atoms with Crippen LogP contribution in [0.5, 0.6) is 0 Å². The zero-order valence-corrected chi connectivity index (χ0v) is 33.3. The predicted molar refractivity (Wildman–Crippen MR) is 254 cm³/mol. The van der Waals surface area contributed by atoms with Gasteiger partial charge in [-0.25, -0.2) is 9.97 Å². The summed E-state index contributed by atoms with van der Waals surface area (Å²) in [6.07, 6.45) is 0. The number of aromatic nitrogens is 2. The van der Waals surface area contributed by atoms with Crippen LogP contribution >= 0.6 is 0 Å². The van der Waals surface area contributed by atoms with Crippen LogP contribution < -0.4 is 0 Å². The average Bonchev–Trinajstić information content (AvgIpc) is 3.66. The number of hydrogen-bond donors (Lipinski definition) is 0. The quantitative estimate of drug-likeness (QED) is 0.168. The third-order valence-corrected chi connectivity index (χ3v) is 12.8. The fourth-order valence-corrected chi connectivity index (χ4v) is 10.2. The lowest BCUT2D eigenvalue weighted by Gasteiger charge is -2.35. The second-order valence-corrected chi connectivity index (χ2v) is 16.0. The molecule has 1 heterocycles. The molecule has 0 atom stereocenters. The van der Waals surface area contributed by atoms with Crippen molar-refractivity contribution in [3.8, 4) is 56.2 Å². The maximum atomic E-state index is 5.34. The van der Waals surface area contributed by atoms with Gasteiger partial charge in [-0.1, -0.05) is 224 Å². The van der Waals surface area contributed by atoms with Gasteiger partial charge >= 0.3 is 0 Å². The summed E-state index contributed by atoms with van der Waals surface area (Å²) >= 11 is 0. The molecular formula is C59H38N2. The lowest BCUT2D eigenvalue weighted by molar-refractivity contribution is 0.771. The fraction of sp³-hybridized carbons (Fsp3) is 0.0169. The minimum absolute atomic E-state index is 0.571. The van der Waals surface area contributed by atoms with Crippen LogP contribution in [0.4, 0.5) is 0 Å². The normalized spacial score (nSPS) is 12.7. The molecule has 12 rings (SSSR count). The molecule has 0 bridgehead atoms. The third-order valence-electron chi connectivity index (χ3n) is 12.8. The lowest BCUT2D eigenvalue weighted by atomic mass is 9.66. The Hall–Kier alpha value is -7.94.